The molecule has 0 radical (unpaired) electrons. The van der Waals surface area contributed by atoms with Crippen LogP contribution in [0.25, 0.3) is 0 Å². The minimum atomic E-state index is -3.51. The lowest BCUT2D eigenvalue weighted by molar-refractivity contribution is 0.0467. The zero-order valence-corrected chi connectivity index (χ0v) is 15.3. The normalized spacial score (nSPS) is 16.0. The molecule has 2 aromatic rings. The number of hydrogen-bond acceptors (Lipinski definition) is 5. The van der Waals surface area contributed by atoms with Gasteiger partial charge in [-0.2, -0.15) is 4.31 Å². The van der Waals surface area contributed by atoms with Crippen molar-refractivity contribution in [3.63, 3.8) is 0 Å². The van der Waals surface area contributed by atoms with E-state index >= 15 is 0 Å². The Bertz CT molecular complexity index is 828. The van der Waals surface area contributed by atoms with E-state index in [-0.39, 0.29) is 11.5 Å². The molecule has 1 aromatic heterocycles. The first-order valence-corrected chi connectivity index (χ1v) is 10.2. The van der Waals surface area contributed by atoms with Crippen molar-refractivity contribution in [2.75, 3.05) is 13.1 Å². The topological polar surface area (TPSA) is 76.6 Å². The van der Waals surface area contributed by atoms with Gasteiger partial charge in [-0.05, 0) is 49.2 Å². The highest BCUT2D eigenvalue weighted by atomic mass is 32.2. The molecule has 0 amide bonds. The number of ether oxygens (including phenoxy) is 1. The number of carbonyl (C=O) groups excluding carboxylic acids is 1. The van der Waals surface area contributed by atoms with Crippen LogP contribution in [0.4, 0.5) is 0 Å². The Morgan fingerprint density at radius 3 is 2.31 bits per heavy atom. The Kier molecular flexibility index (Phi) is 6.00. The number of aromatic nitrogens is 1. The van der Waals surface area contributed by atoms with Crippen LogP contribution in [0.1, 0.15) is 41.7 Å². The second-order valence-electron chi connectivity index (χ2n) is 6.24. The summed E-state index contributed by atoms with van der Waals surface area (Å²) in [5.74, 6) is -0.505. The smallest absolute Gasteiger partial charge is 0.338 e. The zero-order valence-electron chi connectivity index (χ0n) is 14.5. The Hall–Kier alpha value is -2.25. The van der Waals surface area contributed by atoms with Gasteiger partial charge >= 0.3 is 5.97 Å². The van der Waals surface area contributed by atoms with Crippen molar-refractivity contribution in [2.45, 2.75) is 37.2 Å². The van der Waals surface area contributed by atoms with Crippen molar-refractivity contribution in [2.24, 2.45) is 0 Å². The SMILES string of the molecule is O=C(OCc1ccccn1)c1ccc(S(=O)(=O)N2CCCCCC2)cc1. The van der Waals surface area contributed by atoms with Gasteiger partial charge in [-0.15, -0.1) is 0 Å². The maximum absolute atomic E-state index is 12.7. The van der Waals surface area contributed by atoms with Crippen LogP contribution < -0.4 is 0 Å². The molecule has 0 bridgehead atoms. The van der Waals surface area contributed by atoms with Crippen LogP contribution >= 0.6 is 0 Å². The molecule has 138 valence electrons. The summed E-state index contributed by atoms with van der Waals surface area (Å²) in [6.45, 7) is 1.18. The molecule has 0 atom stereocenters. The Balaban J connectivity index is 1.66. The van der Waals surface area contributed by atoms with E-state index in [1.807, 2.05) is 6.07 Å². The van der Waals surface area contributed by atoms with Gasteiger partial charge in [-0.1, -0.05) is 18.9 Å². The molecule has 6 nitrogen and oxygen atoms in total. The van der Waals surface area contributed by atoms with Gasteiger partial charge in [-0.25, -0.2) is 13.2 Å². The number of esters is 1. The highest BCUT2D eigenvalue weighted by Gasteiger charge is 2.25. The summed E-state index contributed by atoms with van der Waals surface area (Å²) in [5.41, 5.74) is 0.969. The largest absolute Gasteiger partial charge is 0.456 e. The molecule has 0 unspecified atom stereocenters. The number of rotatable bonds is 5. The number of carbonyl (C=O) groups is 1. The highest BCUT2D eigenvalue weighted by molar-refractivity contribution is 7.89. The third-order valence-electron chi connectivity index (χ3n) is 4.37. The summed E-state index contributed by atoms with van der Waals surface area (Å²) in [4.78, 5) is 16.4. The summed E-state index contributed by atoms with van der Waals surface area (Å²) in [7, 11) is -3.51. The summed E-state index contributed by atoms with van der Waals surface area (Å²) in [5, 5.41) is 0. The highest BCUT2D eigenvalue weighted by Crippen LogP contribution is 2.21. The second kappa shape index (κ2) is 8.42. The molecule has 7 heteroatoms. The molecule has 1 saturated heterocycles. The average molecular weight is 374 g/mol. The summed E-state index contributed by atoms with van der Waals surface area (Å²) in [6, 6.07) is 11.3. The van der Waals surface area contributed by atoms with E-state index in [2.05, 4.69) is 4.98 Å². The third-order valence-corrected chi connectivity index (χ3v) is 6.28. The van der Waals surface area contributed by atoms with E-state index in [1.54, 1.807) is 18.3 Å². The molecule has 2 heterocycles. The lowest BCUT2D eigenvalue weighted by atomic mass is 10.2. The minimum Gasteiger partial charge on any atom is -0.456 e. The molecule has 0 N–H and O–H groups in total. The van der Waals surface area contributed by atoms with E-state index in [1.165, 1.54) is 28.6 Å². The van der Waals surface area contributed by atoms with Crippen molar-refractivity contribution >= 4 is 16.0 Å². The Labute approximate surface area is 153 Å². The third kappa shape index (κ3) is 4.47. The standard InChI is InChI=1S/C19H22N2O4S/c22-19(25-15-17-7-3-4-12-20-17)16-8-10-18(11-9-16)26(23,24)21-13-5-1-2-6-14-21/h3-4,7-12H,1-2,5-6,13-15H2. The fourth-order valence-electron chi connectivity index (χ4n) is 2.90. The van der Waals surface area contributed by atoms with E-state index in [0.29, 0.717) is 24.3 Å². The van der Waals surface area contributed by atoms with Gasteiger partial charge < -0.3 is 4.74 Å². The molecule has 1 aliphatic heterocycles. The molecule has 1 aromatic carbocycles. The maximum Gasteiger partial charge on any atom is 0.338 e. The fraction of sp³-hybridized carbons (Fsp3) is 0.368. The molecular weight excluding hydrogens is 352 g/mol. The maximum atomic E-state index is 12.7. The van der Waals surface area contributed by atoms with Gasteiger partial charge in [0.1, 0.15) is 6.61 Å². The summed E-state index contributed by atoms with van der Waals surface area (Å²) in [6.07, 6.45) is 5.53. The predicted octanol–water partition coefficient (Wildman–Crippen LogP) is 3.00. The van der Waals surface area contributed by atoms with Crippen LogP contribution in [0, 0.1) is 0 Å². The molecular formula is C19H22N2O4S. The number of pyridine rings is 1. The van der Waals surface area contributed by atoms with Crippen LogP contribution in [-0.4, -0.2) is 36.8 Å². The Morgan fingerprint density at radius 2 is 1.69 bits per heavy atom. The van der Waals surface area contributed by atoms with E-state index in [0.717, 1.165) is 25.7 Å². The van der Waals surface area contributed by atoms with Crippen LogP contribution in [0.3, 0.4) is 0 Å². The van der Waals surface area contributed by atoms with Crippen LogP contribution in [0.5, 0.6) is 0 Å². The first-order valence-electron chi connectivity index (χ1n) is 8.74. The van der Waals surface area contributed by atoms with Crippen LogP contribution in [0.15, 0.2) is 53.6 Å². The van der Waals surface area contributed by atoms with Gasteiger partial charge in [0.25, 0.3) is 0 Å². The van der Waals surface area contributed by atoms with Gasteiger partial charge in [0.2, 0.25) is 10.0 Å². The first-order chi connectivity index (χ1) is 12.6. The van der Waals surface area contributed by atoms with Gasteiger partial charge in [0.15, 0.2) is 0 Å². The average Bonchev–Trinajstić information content (AvgIpc) is 2.97. The van der Waals surface area contributed by atoms with Crippen molar-refractivity contribution in [1.82, 2.24) is 9.29 Å². The molecule has 0 aliphatic carbocycles. The van der Waals surface area contributed by atoms with Crippen molar-refractivity contribution in [1.29, 1.82) is 0 Å². The molecule has 3 rings (SSSR count). The van der Waals surface area contributed by atoms with E-state index in [4.69, 9.17) is 4.74 Å². The Morgan fingerprint density at radius 1 is 1.00 bits per heavy atom. The van der Waals surface area contributed by atoms with Crippen LogP contribution in [0.2, 0.25) is 0 Å². The van der Waals surface area contributed by atoms with E-state index in [9.17, 15) is 13.2 Å². The molecule has 0 spiro atoms. The minimum absolute atomic E-state index is 0.0769. The van der Waals surface area contributed by atoms with Crippen molar-refractivity contribution < 1.29 is 17.9 Å². The fourth-order valence-corrected chi connectivity index (χ4v) is 4.42. The van der Waals surface area contributed by atoms with Crippen molar-refractivity contribution in [3.05, 3.63) is 59.9 Å². The summed E-state index contributed by atoms with van der Waals surface area (Å²) < 4.78 is 32.2. The van der Waals surface area contributed by atoms with E-state index < -0.39 is 16.0 Å². The molecule has 0 saturated carbocycles. The van der Waals surface area contributed by atoms with Gasteiger partial charge in [-0.3, -0.25) is 4.98 Å². The lowest BCUT2D eigenvalue weighted by Gasteiger charge is -2.19. The zero-order chi connectivity index (χ0) is 18.4. The van der Waals surface area contributed by atoms with Gasteiger partial charge in [0.05, 0.1) is 16.2 Å². The number of sulfonamides is 1. The molecule has 1 fully saturated rings. The number of benzene rings is 1. The van der Waals surface area contributed by atoms with Crippen molar-refractivity contribution in [3.8, 4) is 0 Å². The van der Waals surface area contributed by atoms with Crippen LogP contribution in [-0.2, 0) is 21.4 Å². The predicted molar refractivity (Wildman–Crippen MR) is 97.0 cm³/mol. The molecule has 26 heavy (non-hydrogen) atoms. The number of nitrogens with zero attached hydrogens (tertiary/aromatic N) is 2. The lowest BCUT2D eigenvalue weighted by Crippen LogP contribution is -2.31. The summed E-state index contributed by atoms with van der Waals surface area (Å²) >= 11 is 0. The quantitative estimate of drug-likeness (QED) is 0.752. The molecule has 1 aliphatic rings. The first kappa shape index (κ1) is 18.5. The monoisotopic (exact) mass is 374 g/mol. The van der Waals surface area contributed by atoms with Gasteiger partial charge in [0, 0.05) is 19.3 Å². The second-order valence-corrected chi connectivity index (χ2v) is 8.18. The number of hydrogen-bond donors (Lipinski definition) is 0.